The molecule has 1 amide bonds. The first kappa shape index (κ1) is 20.9. The zero-order valence-electron chi connectivity index (χ0n) is 17.7. The first-order valence-corrected chi connectivity index (χ1v) is 12.2. The van der Waals surface area contributed by atoms with Crippen LogP contribution in [0, 0.1) is 34.8 Å². The molecule has 6 rings (SSSR count). The van der Waals surface area contributed by atoms with Crippen LogP contribution in [0.2, 0.25) is 0 Å². The summed E-state index contributed by atoms with van der Waals surface area (Å²) in [6, 6.07) is 3.11. The van der Waals surface area contributed by atoms with Crippen LogP contribution in [0.3, 0.4) is 0 Å². The van der Waals surface area contributed by atoms with Crippen LogP contribution in [-0.2, 0) is 17.8 Å². The van der Waals surface area contributed by atoms with Gasteiger partial charge >= 0.3 is 0 Å². The maximum atomic E-state index is 13.8. The number of carbonyl (C=O) groups is 1. The molecule has 1 N–H and O–H groups in total. The van der Waals surface area contributed by atoms with Crippen LogP contribution in [0.15, 0.2) is 23.4 Å². The second-order valence-electron chi connectivity index (χ2n) is 9.70. The minimum Gasteiger partial charge on any atom is -0.323 e. The summed E-state index contributed by atoms with van der Waals surface area (Å²) in [5.41, 5.74) is 0.361. The zero-order chi connectivity index (χ0) is 21.6. The lowest BCUT2D eigenvalue weighted by molar-refractivity contribution is -0.113. The average Bonchev–Trinajstić information content (AvgIpc) is 3.08. The number of halogens is 2. The largest absolute Gasteiger partial charge is 0.323 e. The fraction of sp³-hybridized carbons (Fsp3) is 0.609. The number of aromatic nitrogens is 3. The monoisotopic (exact) mass is 446 g/mol. The summed E-state index contributed by atoms with van der Waals surface area (Å²) in [5.74, 6) is 1.99. The SMILES string of the molecule is CCn1c(CC23CC4CC(CC(C4)C2)C3)nnc1SCC(=O)Nc1ccc(F)cc1F. The lowest BCUT2D eigenvalue weighted by Crippen LogP contribution is -2.47. The number of hydrogen-bond donors (Lipinski definition) is 1. The third kappa shape index (κ3) is 4.23. The van der Waals surface area contributed by atoms with Gasteiger partial charge in [0, 0.05) is 19.0 Å². The van der Waals surface area contributed by atoms with Gasteiger partial charge < -0.3 is 9.88 Å². The van der Waals surface area contributed by atoms with Gasteiger partial charge in [0.05, 0.1) is 11.4 Å². The minimum absolute atomic E-state index is 0.0218. The Kier molecular flexibility index (Phi) is 5.52. The molecular formula is C23H28F2N4OS. The van der Waals surface area contributed by atoms with E-state index in [2.05, 4.69) is 27.0 Å². The molecule has 1 aromatic heterocycles. The van der Waals surface area contributed by atoms with Gasteiger partial charge in [-0.2, -0.15) is 0 Å². The highest BCUT2D eigenvalue weighted by atomic mass is 32.2. The van der Waals surface area contributed by atoms with E-state index in [-0.39, 0.29) is 17.3 Å². The van der Waals surface area contributed by atoms with E-state index in [9.17, 15) is 13.6 Å². The van der Waals surface area contributed by atoms with Crippen molar-refractivity contribution < 1.29 is 13.6 Å². The molecular weight excluding hydrogens is 418 g/mol. The van der Waals surface area contributed by atoms with Crippen LogP contribution < -0.4 is 5.32 Å². The van der Waals surface area contributed by atoms with E-state index in [4.69, 9.17) is 0 Å². The lowest BCUT2D eigenvalue weighted by atomic mass is 9.49. The van der Waals surface area contributed by atoms with Crippen molar-refractivity contribution in [2.75, 3.05) is 11.1 Å². The highest BCUT2D eigenvalue weighted by Crippen LogP contribution is 2.61. The molecule has 0 atom stereocenters. The molecule has 2 aromatic rings. The number of amides is 1. The molecule has 4 aliphatic carbocycles. The number of nitrogens with zero attached hydrogens (tertiary/aromatic N) is 3. The molecule has 8 heteroatoms. The summed E-state index contributed by atoms with van der Waals surface area (Å²) in [4.78, 5) is 12.3. The number of nitrogens with one attached hydrogen (secondary N) is 1. The Morgan fingerprint density at radius 2 is 1.84 bits per heavy atom. The van der Waals surface area contributed by atoms with Crippen LogP contribution >= 0.6 is 11.8 Å². The van der Waals surface area contributed by atoms with Crippen LogP contribution in [0.25, 0.3) is 0 Å². The smallest absolute Gasteiger partial charge is 0.234 e. The Morgan fingerprint density at radius 1 is 1.16 bits per heavy atom. The van der Waals surface area contributed by atoms with Gasteiger partial charge in [0.15, 0.2) is 5.16 Å². The molecule has 4 fully saturated rings. The number of benzene rings is 1. The fourth-order valence-electron chi connectivity index (χ4n) is 6.62. The van der Waals surface area contributed by atoms with Gasteiger partial charge in [0.25, 0.3) is 0 Å². The summed E-state index contributed by atoms with van der Waals surface area (Å²) in [6.45, 7) is 2.83. The summed E-state index contributed by atoms with van der Waals surface area (Å²) in [7, 11) is 0. The molecule has 0 saturated heterocycles. The van der Waals surface area contributed by atoms with Crippen LogP contribution in [-0.4, -0.2) is 26.4 Å². The Labute approximate surface area is 185 Å². The van der Waals surface area contributed by atoms with Crippen molar-refractivity contribution in [1.29, 1.82) is 0 Å². The van der Waals surface area contributed by atoms with E-state index in [1.165, 1.54) is 56.4 Å². The Bertz CT molecular complexity index is 957. The van der Waals surface area contributed by atoms with Gasteiger partial charge in [-0.05, 0) is 80.8 Å². The van der Waals surface area contributed by atoms with Gasteiger partial charge in [0.2, 0.25) is 5.91 Å². The normalized spacial score (nSPS) is 28.8. The molecule has 0 unspecified atom stereocenters. The fourth-order valence-corrected chi connectivity index (χ4v) is 7.44. The molecule has 4 saturated carbocycles. The highest BCUT2D eigenvalue weighted by Gasteiger charge is 2.51. The third-order valence-corrected chi connectivity index (χ3v) is 8.31. The van der Waals surface area contributed by atoms with Crippen molar-refractivity contribution in [3.63, 3.8) is 0 Å². The van der Waals surface area contributed by atoms with Gasteiger partial charge in [-0.25, -0.2) is 8.78 Å². The average molecular weight is 447 g/mol. The first-order chi connectivity index (χ1) is 14.9. The molecule has 1 aromatic carbocycles. The molecule has 5 nitrogen and oxygen atoms in total. The topological polar surface area (TPSA) is 59.8 Å². The van der Waals surface area contributed by atoms with E-state index in [0.717, 1.165) is 53.8 Å². The first-order valence-electron chi connectivity index (χ1n) is 11.2. The number of carbonyl (C=O) groups excluding carboxylic acids is 1. The van der Waals surface area contributed by atoms with Crippen molar-refractivity contribution in [2.45, 2.75) is 63.6 Å². The van der Waals surface area contributed by atoms with E-state index in [0.29, 0.717) is 5.41 Å². The number of hydrogen-bond acceptors (Lipinski definition) is 4. The van der Waals surface area contributed by atoms with Crippen molar-refractivity contribution >= 4 is 23.4 Å². The zero-order valence-corrected chi connectivity index (χ0v) is 18.6. The summed E-state index contributed by atoms with van der Waals surface area (Å²) >= 11 is 1.30. The molecule has 1 heterocycles. The Balaban J connectivity index is 1.24. The van der Waals surface area contributed by atoms with E-state index in [1.54, 1.807) is 0 Å². The van der Waals surface area contributed by atoms with Crippen LogP contribution in [0.4, 0.5) is 14.5 Å². The summed E-state index contributed by atoms with van der Waals surface area (Å²) < 4.78 is 28.9. The van der Waals surface area contributed by atoms with Crippen molar-refractivity contribution in [2.24, 2.45) is 23.2 Å². The molecule has 4 aliphatic rings. The lowest BCUT2D eigenvalue weighted by Gasteiger charge is -2.56. The molecule has 31 heavy (non-hydrogen) atoms. The van der Waals surface area contributed by atoms with E-state index >= 15 is 0 Å². The summed E-state index contributed by atoms with van der Waals surface area (Å²) in [5, 5.41) is 12.1. The predicted molar refractivity (Wildman–Crippen MR) is 116 cm³/mol. The molecule has 0 radical (unpaired) electrons. The Hall–Kier alpha value is -1.96. The number of anilines is 1. The van der Waals surface area contributed by atoms with E-state index in [1.807, 2.05) is 0 Å². The second-order valence-corrected chi connectivity index (χ2v) is 10.6. The van der Waals surface area contributed by atoms with Crippen molar-refractivity contribution in [3.05, 3.63) is 35.7 Å². The Morgan fingerprint density at radius 3 is 2.45 bits per heavy atom. The molecule has 166 valence electrons. The quantitative estimate of drug-likeness (QED) is 0.604. The third-order valence-electron chi connectivity index (χ3n) is 7.35. The van der Waals surface area contributed by atoms with Gasteiger partial charge in [0.1, 0.15) is 17.5 Å². The van der Waals surface area contributed by atoms with Gasteiger partial charge in [-0.1, -0.05) is 11.8 Å². The maximum absolute atomic E-state index is 13.8. The molecule has 0 aliphatic heterocycles. The minimum atomic E-state index is -0.784. The second kappa shape index (κ2) is 8.19. The number of thioether (sulfide) groups is 1. The van der Waals surface area contributed by atoms with Crippen LogP contribution in [0.1, 0.15) is 51.3 Å². The van der Waals surface area contributed by atoms with Crippen molar-refractivity contribution in [3.8, 4) is 0 Å². The highest BCUT2D eigenvalue weighted by molar-refractivity contribution is 7.99. The molecule has 4 bridgehead atoms. The standard InChI is InChI=1S/C23H28F2N4OS/c1-2-29-20(12-23-9-14-5-15(10-23)7-16(6-14)11-23)27-28-22(29)31-13-21(30)26-19-4-3-17(24)8-18(19)25/h3-4,8,14-16H,2,5-7,9-13H2,1H3,(H,26,30). The van der Waals surface area contributed by atoms with Crippen LogP contribution in [0.5, 0.6) is 0 Å². The number of rotatable bonds is 7. The maximum Gasteiger partial charge on any atom is 0.234 e. The molecule has 0 spiro atoms. The van der Waals surface area contributed by atoms with Gasteiger partial charge in [-0.3, -0.25) is 4.79 Å². The van der Waals surface area contributed by atoms with E-state index < -0.39 is 11.6 Å². The van der Waals surface area contributed by atoms with Gasteiger partial charge in [-0.15, -0.1) is 10.2 Å². The predicted octanol–water partition coefficient (Wildman–Crippen LogP) is 5.07. The van der Waals surface area contributed by atoms with Crippen molar-refractivity contribution in [1.82, 2.24) is 14.8 Å². The summed E-state index contributed by atoms with van der Waals surface area (Å²) in [6.07, 6.45) is 9.21.